The van der Waals surface area contributed by atoms with Crippen LogP contribution in [0, 0.1) is 11.8 Å². The molecule has 1 aliphatic rings. The van der Waals surface area contributed by atoms with Gasteiger partial charge in [0.2, 0.25) is 0 Å². The second-order valence-electron chi connectivity index (χ2n) is 10.1. The van der Waals surface area contributed by atoms with Crippen LogP contribution >= 0.6 is 23.2 Å². The second kappa shape index (κ2) is 11.9. The van der Waals surface area contributed by atoms with E-state index in [1.165, 1.54) is 11.1 Å². The topological polar surface area (TPSA) is 21.7 Å². The van der Waals surface area contributed by atoms with Gasteiger partial charge < -0.3 is 9.47 Å². The molecule has 2 aromatic rings. The molecule has 0 N–H and O–H groups in total. The number of ether oxygens (including phenoxy) is 2. The van der Waals surface area contributed by atoms with Crippen molar-refractivity contribution in [2.45, 2.75) is 72.1 Å². The zero-order valence-electron chi connectivity index (χ0n) is 20.9. The van der Waals surface area contributed by atoms with Gasteiger partial charge >= 0.3 is 0 Å². The smallest absolute Gasteiger partial charge is 0.119 e. The Balaban J connectivity index is 1.63. The van der Waals surface area contributed by atoms with E-state index < -0.39 is 0 Å². The van der Waals surface area contributed by atoms with Gasteiger partial charge in [-0.3, -0.25) is 4.90 Å². The molecule has 182 valence electrons. The Bertz CT molecular complexity index is 874. The highest BCUT2D eigenvalue weighted by atomic mass is 35.5. The van der Waals surface area contributed by atoms with Gasteiger partial charge in [0.1, 0.15) is 12.4 Å². The van der Waals surface area contributed by atoms with Gasteiger partial charge in [-0.2, -0.15) is 0 Å². The normalized spacial score (nSPS) is 21.4. The fourth-order valence-electron chi connectivity index (χ4n) is 4.96. The predicted octanol–water partition coefficient (Wildman–Crippen LogP) is 8.01. The van der Waals surface area contributed by atoms with E-state index in [1.54, 1.807) is 0 Å². The third-order valence-electron chi connectivity index (χ3n) is 6.85. The summed E-state index contributed by atoms with van der Waals surface area (Å²) >= 11 is 12.4. The van der Waals surface area contributed by atoms with E-state index in [0.29, 0.717) is 53.1 Å². The van der Waals surface area contributed by atoms with Crippen LogP contribution in [0.25, 0.3) is 0 Å². The van der Waals surface area contributed by atoms with Gasteiger partial charge in [0.15, 0.2) is 0 Å². The molecule has 0 bridgehead atoms. The van der Waals surface area contributed by atoms with E-state index >= 15 is 0 Å². The molecule has 0 aromatic heterocycles. The Labute approximate surface area is 210 Å². The van der Waals surface area contributed by atoms with E-state index in [2.05, 4.69) is 76.8 Å². The van der Waals surface area contributed by atoms with Crippen molar-refractivity contribution >= 4 is 23.2 Å². The summed E-state index contributed by atoms with van der Waals surface area (Å²) in [6.07, 6.45) is 1.16. The SMILES string of the molecule is CC(C)[C@@H]1C[C@H](c2ccc(Cl)c(Cl)c2)CO[C@H]1c1ccc(OCCN(C(C)C)C(C)C)cc1. The van der Waals surface area contributed by atoms with Crippen molar-refractivity contribution in [1.29, 1.82) is 0 Å². The highest BCUT2D eigenvalue weighted by Gasteiger charge is 2.35. The summed E-state index contributed by atoms with van der Waals surface area (Å²) in [6.45, 7) is 15.8. The fraction of sp³-hybridized carbons (Fsp3) is 0.571. The Morgan fingerprint density at radius 1 is 0.909 bits per heavy atom. The lowest BCUT2D eigenvalue weighted by molar-refractivity contribution is -0.0552. The standard InChI is InChI=1S/C28H39Cl2NO2/c1-18(2)25-15-23(22-9-12-26(29)27(30)16-22)17-33-28(25)21-7-10-24(11-8-21)32-14-13-31(19(3)4)20(5)6/h7-12,16,18-20,23,25,28H,13-15,17H2,1-6H3/t23-,25-,28-/m0/s1. The first-order valence-electron chi connectivity index (χ1n) is 12.2. The molecule has 3 nitrogen and oxygen atoms in total. The van der Waals surface area contributed by atoms with Gasteiger partial charge in [-0.15, -0.1) is 0 Å². The van der Waals surface area contributed by atoms with Crippen LogP contribution in [0.15, 0.2) is 42.5 Å². The first-order chi connectivity index (χ1) is 15.7. The minimum atomic E-state index is 0.0930. The second-order valence-corrected chi connectivity index (χ2v) is 10.9. The zero-order valence-corrected chi connectivity index (χ0v) is 22.4. The maximum absolute atomic E-state index is 6.46. The molecule has 1 saturated heterocycles. The lowest BCUT2D eigenvalue weighted by atomic mass is 9.76. The molecule has 3 rings (SSSR count). The van der Waals surface area contributed by atoms with Crippen LogP contribution in [0.3, 0.4) is 0 Å². The van der Waals surface area contributed by atoms with Crippen molar-refractivity contribution < 1.29 is 9.47 Å². The Morgan fingerprint density at radius 2 is 1.55 bits per heavy atom. The molecule has 33 heavy (non-hydrogen) atoms. The minimum Gasteiger partial charge on any atom is -0.492 e. The highest BCUT2D eigenvalue weighted by Crippen LogP contribution is 2.44. The van der Waals surface area contributed by atoms with Gasteiger partial charge in [0.05, 0.1) is 22.8 Å². The number of rotatable bonds is 9. The van der Waals surface area contributed by atoms with Crippen LogP contribution in [0.5, 0.6) is 5.75 Å². The lowest BCUT2D eigenvalue weighted by Gasteiger charge is -2.39. The van der Waals surface area contributed by atoms with Gasteiger partial charge in [-0.05, 0) is 81.3 Å². The van der Waals surface area contributed by atoms with Gasteiger partial charge in [-0.1, -0.05) is 55.2 Å². The summed E-state index contributed by atoms with van der Waals surface area (Å²) < 4.78 is 12.5. The van der Waals surface area contributed by atoms with Crippen molar-refractivity contribution in [1.82, 2.24) is 4.90 Å². The minimum absolute atomic E-state index is 0.0930. The average molecular weight is 493 g/mol. The molecule has 1 heterocycles. The summed E-state index contributed by atoms with van der Waals surface area (Å²) in [5, 5.41) is 1.21. The zero-order chi connectivity index (χ0) is 24.1. The molecule has 0 radical (unpaired) electrons. The Kier molecular flexibility index (Phi) is 9.52. The molecule has 0 unspecified atom stereocenters. The summed E-state index contributed by atoms with van der Waals surface area (Å²) in [6, 6.07) is 15.5. The first kappa shape index (κ1) is 26.3. The molecule has 0 amide bonds. The lowest BCUT2D eigenvalue weighted by Crippen LogP contribution is -2.39. The molecule has 3 atom stereocenters. The van der Waals surface area contributed by atoms with Crippen molar-refractivity contribution in [2.75, 3.05) is 19.8 Å². The predicted molar refractivity (Wildman–Crippen MR) is 140 cm³/mol. The van der Waals surface area contributed by atoms with Crippen molar-refractivity contribution in [3.63, 3.8) is 0 Å². The highest BCUT2D eigenvalue weighted by molar-refractivity contribution is 6.42. The molecule has 0 aliphatic carbocycles. The van der Waals surface area contributed by atoms with E-state index in [1.807, 2.05) is 12.1 Å². The number of nitrogens with zero attached hydrogens (tertiary/aromatic N) is 1. The van der Waals surface area contributed by atoms with Gasteiger partial charge in [0, 0.05) is 24.5 Å². The summed E-state index contributed by atoms with van der Waals surface area (Å²) in [5.74, 6) is 2.18. The molecular formula is C28H39Cl2NO2. The number of halogens is 2. The Hall–Kier alpha value is -1.26. The van der Waals surface area contributed by atoms with Crippen molar-refractivity contribution in [2.24, 2.45) is 11.8 Å². The first-order valence-corrected chi connectivity index (χ1v) is 13.0. The van der Waals surface area contributed by atoms with Crippen LogP contribution in [0.2, 0.25) is 10.0 Å². The van der Waals surface area contributed by atoms with Crippen LogP contribution in [-0.4, -0.2) is 36.7 Å². The molecular weight excluding hydrogens is 453 g/mol. The summed E-state index contributed by atoms with van der Waals surface area (Å²) in [5.41, 5.74) is 2.42. The Morgan fingerprint density at radius 3 is 2.12 bits per heavy atom. The van der Waals surface area contributed by atoms with E-state index in [-0.39, 0.29) is 6.10 Å². The van der Waals surface area contributed by atoms with E-state index in [4.69, 9.17) is 32.7 Å². The fourth-order valence-corrected chi connectivity index (χ4v) is 5.27. The molecule has 1 aliphatic heterocycles. The molecule has 2 aromatic carbocycles. The maximum Gasteiger partial charge on any atom is 0.119 e. The summed E-state index contributed by atoms with van der Waals surface area (Å²) in [4.78, 5) is 2.45. The largest absolute Gasteiger partial charge is 0.492 e. The molecule has 0 saturated carbocycles. The average Bonchev–Trinajstić information content (AvgIpc) is 2.78. The summed E-state index contributed by atoms with van der Waals surface area (Å²) in [7, 11) is 0. The van der Waals surface area contributed by atoms with Crippen LogP contribution in [0.1, 0.15) is 71.1 Å². The third-order valence-corrected chi connectivity index (χ3v) is 7.59. The molecule has 1 fully saturated rings. The van der Waals surface area contributed by atoms with Crippen molar-refractivity contribution in [3.8, 4) is 5.75 Å². The monoisotopic (exact) mass is 491 g/mol. The number of benzene rings is 2. The molecule has 0 spiro atoms. The van der Waals surface area contributed by atoms with Gasteiger partial charge in [0.25, 0.3) is 0 Å². The number of hydrogen-bond donors (Lipinski definition) is 0. The van der Waals surface area contributed by atoms with Crippen LogP contribution < -0.4 is 4.74 Å². The third kappa shape index (κ3) is 6.88. The maximum atomic E-state index is 6.46. The number of hydrogen-bond acceptors (Lipinski definition) is 3. The molecule has 5 heteroatoms. The van der Waals surface area contributed by atoms with Gasteiger partial charge in [-0.25, -0.2) is 0 Å². The van der Waals surface area contributed by atoms with Crippen LogP contribution in [0.4, 0.5) is 0 Å². The quantitative estimate of drug-likeness (QED) is 0.354. The van der Waals surface area contributed by atoms with Crippen LogP contribution in [-0.2, 0) is 4.74 Å². The van der Waals surface area contributed by atoms with E-state index in [0.717, 1.165) is 18.7 Å². The van der Waals surface area contributed by atoms with E-state index in [9.17, 15) is 0 Å². The van der Waals surface area contributed by atoms with Crippen molar-refractivity contribution in [3.05, 3.63) is 63.6 Å².